The first-order valence-corrected chi connectivity index (χ1v) is 7.10. The molecule has 1 fully saturated rings. The van der Waals surface area contributed by atoms with Gasteiger partial charge in [-0.3, -0.25) is 4.79 Å². The summed E-state index contributed by atoms with van der Waals surface area (Å²) in [4.78, 5) is 17.8. The molecule has 1 aliphatic carbocycles. The highest BCUT2D eigenvalue weighted by Crippen LogP contribution is 2.32. The zero-order chi connectivity index (χ0) is 14.8. The number of hydrogen-bond acceptors (Lipinski definition) is 4. The van der Waals surface area contributed by atoms with Crippen molar-refractivity contribution in [2.45, 2.75) is 18.9 Å². The maximum atomic E-state index is 12.0. The molecule has 21 heavy (non-hydrogen) atoms. The van der Waals surface area contributed by atoms with Crippen LogP contribution in [0.25, 0.3) is 17.2 Å². The Bertz CT molecular complexity index is 640. The van der Waals surface area contributed by atoms with Crippen molar-refractivity contribution in [1.29, 1.82) is 0 Å². The number of likely N-dealkylation sites (N-methyl/N-ethyl adjacent to an activating group) is 1. The van der Waals surface area contributed by atoms with Crippen LogP contribution in [0.5, 0.6) is 0 Å². The second kappa shape index (κ2) is 5.69. The van der Waals surface area contributed by atoms with Gasteiger partial charge in [0.05, 0.1) is 6.10 Å². The second-order valence-electron chi connectivity index (χ2n) is 5.48. The van der Waals surface area contributed by atoms with Crippen LogP contribution in [0.15, 0.2) is 34.8 Å². The Hall–Kier alpha value is -2.14. The lowest BCUT2D eigenvalue weighted by Crippen LogP contribution is -2.34. The number of rotatable bonds is 5. The van der Waals surface area contributed by atoms with Gasteiger partial charge in [0.2, 0.25) is 11.8 Å². The van der Waals surface area contributed by atoms with E-state index in [1.54, 1.807) is 13.1 Å². The summed E-state index contributed by atoms with van der Waals surface area (Å²) in [6, 6.07) is 7.45. The van der Waals surface area contributed by atoms with E-state index in [0.717, 1.165) is 18.4 Å². The highest BCUT2D eigenvalue weighted by molar-refractivity contribution is 5.91. The SMILES string of the molecule is CN(CC(O)C1CC1)C(=O)C=Cc1nc2ccccc2o1. The molecule has 1 saturated carbocycles. The third-order valence-corrected chi connectivity index (χ3v) is 3.68. The molecule has 0 spiro atoms. The number of oxazole rings is 1. The smallest absolute Gasteiger partial charge is 0.246 e. The fourth-order valence-corrected chi connectivity index (χ4v) is 2.23. The average Bonchev–Trinajstić information content (AvgIpc) is 3.24. The molecule has 1 aliphatic rings. The Morgan fingerprint density at radius 1 is 1.52 bits per heavy atom. The van der Waals surface area contributed by atoms with Gasteiger partial charge in [0.25, 0.3) is 0 Å². The number of fused-ring (bicyclic) bond motifs is 1. The molecule has 3 rings (SSSR count). The minimum absolute atomic E-state index is 0.169. The van der Waals surface area contributed by atoms with Crippen LogP contribution in [-0.2, 0) is 4.79 Å². The summed E-state index contributed by atoms with van der Waals surface area (Å²) in [6.07, 6.45) is 4.67. The van der Waals surface area contributed by atoms with E-state index in [4.69, 9.17) is 4.42 Å². The van der Waals surface area contributed by atoms with Gasteiger partial charge in [0.1, 0.15) is 5.52 Å². The predicted octanol–water partition coefficient (Wildman–Crippen LogP) is 2.07. The van der Waals surface area contributed by atoms with Crippen LogP contribution in [0.1, 0.15) is 18.7 Å². The number of benzene rings is 1. The zero-order valence-corrected chi connectivity index (χ0v) is 11.9. The van der Waals surface area contributed by atoms with Gasteiger partial charge >= 0.3 is 0 Å². The second-order valence-corrected chi connectivity index (χ2v) is 5.48. The Kier molecular flexibility index (Phi) is 3.75. The Morgan fingerprint density at radius 3 is 3.00 bits per heavy atom. The molecule has 1 heterocycles. The topological polar surface area (TPSA) is 66.6 Å². The zero-order valence-electron chi connectivity index (χ0n) is 11.9. The maximum Gasteiger partial charge on any atom is 0.246 e. The highest BCUT2D eigenvalue weighted by Gasteiger charge is 2.30. The van der Waals surface area contributed by atoms with Crippen LogP contribution in [0.4, 0.5) is 0 Å². The van der Waals surface area contributed by atoms with E-state index < -0.39 is 6.10 Å². The van der Waals surface area contributed by atoms with Crippen LogP contribution in [0, 0.1) is 5.92 Å². The van der Waals surface area contributed by atoms with Gasteiger partial charge in [0, 0.05) is 25.7 Å². The van der Waals surface area contributed by atoms with Crippen molar-refractivity contribution in [2.75, 3.05) is 13.6 Å². The van der Waals surface area contributed by atoms with Gasteiger partial charge in [-0.2, -0.15) is 0 Å². The van der Waals surface area contributed by atoms with Crippen molar-refractivity contribution in [3.8, 4) is 0 Å². The van der Waals surface area contributed by atoms with Crippen molar-refractivity contribution in [2.24, 2.45) is 5.92 Å². The van der Waals surface area contributed by atoms with Gasteiger partial charge in [-0.25, -0.2) is 4.98 Å². The Labute approximate surface area is 122 Å². The molecule has 0 bridgehead atoms. The average molecular weight is 286 g/mol. The van der Waals surface area contributed by atoms with Crippen LogP contribution >= 0.6 is 0 Å². The van der Waals surface area contributed by atoms with Gasteiger partial charge in [-0.05, 0) is 30.9 Å². The van der Waals surface area contributed by atoms with Crippen molar-refractivity contribution < 1.29 is 14.3 Å². The third-order valence-electron chi connectivity index (χ3n) is 3.68. The van der Waals surface area contributed by atoms with Crippen molar-refractivity contribution in [3.05, 3.63) is 36.2 Å². The Morgan fingerprint density at radius 2 is 2.29 bits per heavy atom. The van der Waals surface area contributed by atoms with E-state index >= 15 is 0 Å². The maximum absolute atomic E-state index is 12.0. The number of para-hydroxylation sites is 2. The Balaban J connectivity index is 1.62. The standard InChI is InChI=1S/C16H18N2O3/c1-18(10-13(19)11-6-7-11)16(20)9-8-15-17-12-4-2-3-5-14(12)21-15/h2-5,8-9,11,13,19H,6-7,10H2,1H3. The van der Waals surface area contributed by atoms with Gasteiger partial charge in [0.15, 0.2) is 5.58 Å². The number of carbonyl (C=O) groups excluding carboxylic acids is 1. The summed E-state index contributed by atoms with van der Waals surface area (Å²) in [5.41, 5.74) is 1.46. The van der Waals surface area contributed by atoms with Crippen molar-refractivity contribution in [3.63, 3.8) is 0 Å². The minimum Gasteiger partial charge on any atom is -0.437 e. The molecule has 0 aliphatic heterocycles. The lowest BCUT2D eigenvalue weighted by molar-refractivity contribution is -0.126. The summed E-state index contributed by atoms with van der Waals surface area (Å²) in [6.45, 7) is 0.362. The van der Waals surface area contributed by atoms with E-state index in [0.29, 0.717) is 23.9 Å². The quantitative estimate of drug-likeness (QED) is 0.854. The van der Waals surface area contributed by atoms with Crippen molar-refractivity contribution in [1.82, 2.24) is 9.88 Å². The molecule has 1 N–H and O–H groups in total. The fourth-order valence-electron chi connectivity index (χ4n) is 2.23. The van der Waals surface area contributed by atoms with Gasteiger partial charge in [-0.15, -0.1) is 0 Å². The summed E-state index contributed by atoms with van der Waals surface area (Å²) >= 11 is 0. The van der Waals surface area contributed by atoms with Gasteiger partial charge in [-0.1, -0.05) is 12.1 Å². The van der Waals surface area contributed by atoms with E-state index in [2.05, 4.69) is 4.98 Å². The molecule has 0 saturated heterocycles. The molecule has 2 aromatic rings. The lowest BCUT2D eigenvalue weighted by atomic mass is 10.2. The number of aliphatic hydroxyl groups is 1. The number of nitrogens with zero attached hydrogens (tertiary/aromatic N) is 2. The molecular weight excluding hydrogens is 268 g/mol. The lowest BCUT2D eigenvalue weighted by Gasteiger charge is -2.18. The molecule has 1 unspecified atom stereocenters. The number of amides is 1. The molecule has 1 atom stereocenters. The minimum atomic E-state index is -0.420. The molecule has 1 amide bonds. The molecule has 110 valence electrons. The number of aromatic nitrogens is 1. The van der Waals surface area contributed by atoms with Crippen molar-refractivity contribution >= 4 is 23.1 Å². The molecular formula is C16H18N2O3. The first kappa shape index (κ1) is 13.8. The predicted molar refractivity (Wildman–Crippen MR) is 79.4 cm³/mol. The normalized spacial score (nSPS) is 16.5. The van der Waals surface area contributed by atoms with Crippen LogP contribution in [0.3, 0.4) is 0 Å². The monoisotopic (exact) mass is 286 g/mol. The summed E-state index contributed by atoms with van der Waals surface area (Å²) in [7, 11) is 1.68. The van der Waals surface area contributed by atoms with Gasteiger partial charge < -0.3 is 14.4 Å². The third kappa shape index (κ3) is 3.31. The molecule has 1 aromatic heterocycles. The first-order valence-electron chi connectivity index (χ1n) is 7.10. The van der Waals surface area contributed by atoms with E-state index in [1.807, 2.05) is 24.3 Å². The largest absolute Gasteiger partial charge is 0.437 e. The first-order chi connectivity index (χ1) is 10.1. The summed E-state index contributed by atoms with van der Waals surface area (Å²) < 4.78 is 5.51. The van der Waals surface area contributed by atoms with Crippen LogP contribution in [0.2, 0.25) is 0 Å². The van der Waals surface area contributed by atoms with E-state index in [-0.39, 0.29) is 5.91 Å². The number of hydrogen-bond donors (Lipinski definition) is 1. The molecule has 0 radical (unpaired) electrons. The summed E-state index contributed by atoms with van der Waals surface area (Å²) in [5, 5.41) is 9.84. The van der Waals surface area contributed by atoms with E-state index in [9.17, 15) is 9.90 Å². The van der Waals surface area contributed by atoms with E-state index in [1.165, 1.54) is 11.0 Å². The molecule has 5 heteroatoms. The highest BCUT2D eigenvalue weighted by atomic mass is 16.3. The fraction of sp³-hybridized carbons (Fsp3) is 0.375. The molecule has 1 aromatic carbocycles. The number of aliphatic hydroxyl groups excluding tert-OH is 1. The van der Waals surface area contributed by atoms with Crippen LogP contribution in [-0.4, -0.2) is 40.6 Å². The molecule has 5 nitrogen and oxygen atoms in total. The van der Waals surface area contributed by atoms with Crippen LogP contribution < -0.4 is 0 Å². The number of carbonyl (C=O) groups is 1. The summed E-state index contributed by atoms with van der Waals surface area (Å²) in [5.74, 6) is 0.596.